The zero-order valence-corrected chi connectivity index (χ0v) is 14.8. The smallest absolute Gasteiger partial charge is 0.329 e. The summed E-state index contributed by atoms with van der Waals surface area (Å²) in [6.07, 6.45) is 1.53. The SMILES string of the molecule is CC(C)(C)OC(=O)[C@H]1CCCN1C(=O)c1csc(I)c1. The van der Waals surface area contributed by atoms with E-state index in [1.54, 1.807) is 4.90 Å². The van der Waals surface area contributed by atoms with Gasteiger partial charge in [-0.2, -0.15) is 0 Å². The lowest BCUT2D eigenvalue weighted by molar-refractivity contribution is -0.159. The zero-order chi connectivity index (χ0) is 14.9. The summed E-state index contributed by atoms with van der Waals surface area (Å²) in [5.41, 5.74) is 0.140. The van der Waals surface area contributed by atoms with Crippen molar-refractivity contribution in [2.75, 3.05) is 6.54 Å². The molecule has 0 spiro atoms. The number of hydrogen-bond acceptors (Lipinski definition) is 4. The number of ether oxygens (including phenoxy) is 1. The van der Waals surface area contributed by atoms with Gasteiger partial charge in [-0.05, 0) is 62.3 Å². The van der Waals surface area contributed by atoms with Gasteiger partial charge in [0, 0.05) is 11.9 Å². The van der Waals surface area contributed by atoms with Crippen LogP contribution in [-0.2, 0) is 9.53 Å². The van der Waals surface area contributed by atoms with Gasteiger partial charge in [0.1, 0.15) is 11.6 Å². The number of halogens is 1. The van der Waals surface area contributed by atoms with Crippen molar-refractivity contribution in [1.82, 2.24) is 4.90 Å². The maximum Gasteiger partial charge on any atom is 0.329 e. The number of nitrogens with zero attached hydrogens (tertiary/aromatic N) is 1. The molecule has 110 valence electrons. The second-order valence-electron chi connectivity index (χ2n) is 5.83. The maximum absolute atomic E-state index is 12.5. The molecule has 0 aliphatic carbocycles. The van der Waals surface area contributed by atoms with E-state index in [4.69, 9.17) is 4.74 Å². The number of carbonyl (C=O) groups is 2. The Hall–Kier alpha value is -0.630. The average molecular weight is 407 g/mol. The molecule has 0 unspecified atom stereocenters. The molecule has 0 bridgehead atoms. The molecule has 2 heterocycles. The Morgan fingerprint density at radius 3 is 2.70 bits per heavy atom. The van der Waals surface area contributed by atoms with Crippen LogP contribution in [0.1, 0.15) is 44.0 Å². The standard InChI is InChI=1S/C14H18INO3S/c1-14(2,3)19-13(18)10-5-4-6-16(10)12(17)9-7-11(15)20-8-9/h7-8,10H,4-6H2,1-3H3/t10-/m1/s1. The minimum absolute atomic E-state index is 0.0717. The Morgan fingerprint density at radius 1 is 1.45 bits per heavy atom. The van der Waals surface area contributed by atoms with E-state index >= 15 is 0 Å². The van der Waals surface area contributed by atoms with Crippen molar-refractivity contribution in [2.24, 2.45) is 0 Å². The summed E-state index contributed by atoms with van der Waals surface area (Å²) in [5, 5.41) is 1.84. The number of likely N-dealkylation sites (tertiary alicyclic amines) is 1. The summed E-state index contributed by atoms with van der Waals surface area (Å²) in [6, 6.07) is 1.41. The van der Waals surface area contributed by atoms with E-state index in [1.807, 2.05) is 32.2 Å². The zero-order valence-electron chi connectivity index (χ0n) is 11.8. The van der Waals surface area contributed by atoms with Crippen LogP contribution in [-0.4, -0.2) is 35.0 Å². The van der Waals surface area contributed by atoms with Gasteiger partial charge >= 0.3 is 5.97 Å². The fourth-order valence-corrected chi connectivity index (χ4v) is 3.53. The monoisotopic (exact) mass is 407 g/mol. The van der Waals surface area contributed by atoms with Crippen LogP contribution < -0.4 is 0 Å². The van der Waals surface area contributed by atoms with E-state index < -0.39 is 11.6 Å². The molecule has 1 aliphatic rings. The molecule has 0 aromatic carbocycles. The molecule has 0 N–H and O–H groups in total. The van der Waals surface area contributed by atoms with E-state index in [0.29, 0.717) is 18.5 Å². The van der Waals surface area contributed by atoms with E-state index in [9.17, 15) is 9.59 Å². The highest BCUT2D eigenvalue weighted by atomic mass is 127. The fraction of sp³-hybridized carbons (Fsp3) is 0.571. The van der Waals surface area contributed by atoms with E-state index in [-0.39, 0.29) is 11.9 Å². The van der Waals surface area contributed by atoms with E-state index in [0.717, 1.165) is 9.30 Å². The van der Waals surface area contributed by atoms with Crippen molar-refractivity contribution in [1.29, 1.82) is 0 Å². The highest BCUT2D eigenvalue weighted by molar-refractivity contribution is 14.1. The second kappa shape index (κ2) is 6.01. The molecule has 4 nitrogen and oxygen atoms in total. The number of thiophene rings is 1. The van der Waals surface area contributed by atoms with Gasteiger partial charge in [0.15, 0.2) is 0 Å². The van der Waals surface area contributed by atoms with Gasteiger partial charge < -0.3 is 9.64 Å². The Labute approximate surface area is 136 Å². The Bertz CT molecular complexity index is 521. The second-order valence-corrected chi connectivity index (χ2v) is 8.63. The topological polar surface area (TPSA) is 46.6 Å². The molecule has 20 heavy (non-hydrogen) atoms. The molecular weight excluding hydrogens is 389 g/mol. The number of hydrogen-bond donors (Lipinski definition) is 0. The molecule has 1 saturated heterocycles. The first-order chi connectivity index (χ1) is 9.28. The quantitative estimate of drug-likeness (QED) is 0.559. The molecule has 1 amide bonds. The molecule has 6 heteroatoms. The highest BCUT2D eigenvalue weighted by Gasteiger charge is 2.37. The van der Waals surface area contributed by atoms with Crippen molar-refractivity contribution in [3.05, 3.63) is 19.9 Å². The third-order valence-corrected chi connectivity index (χ3v) is 4.80. The molecule has 0 saturated carbocycles. The predicted octanol–water partition coefficient (Wildman–Crippen LogP) is 3.30. The third kappa shape index (κ3) is 3.72. The predicted molar refractivity (Wildman–Crippen MR) is 86.9 cm³/mol. The first kappa shape index (κ1) is 15.8. The average Bonchev–Trinajstić information content (AvgIpc) is 2.93. The summed E-state index contributed by atoms with van der Waals surface area (Å²) < 4.78 is 6.48. The van der Waals surface area contributed by atoms with Crippen LogP contribution in [0.15, 0.2) is 11.4 Å². The maximum atomic E-state index is 12.5. The Kier molecular flexibility index (Phi) is 4.73. The Balaban J connectivity index is 2.11. The normalized spacial score (nSPS) is 19.2. The summed E-state index contributed by atoms with van der Waals surface area (Å²) in [7, 11) is 0. The van der Waals surface area contributed by atoms with Gasteiger partial charge in [0.25, 0.3) is 5.91 Å². The number of esters is 1. The van der Waals surface area contributed by atoms with Crippen LogP contribution in [0, 0.1) is 2.88 Å². The minimum Gasteiger partial charge on any atom is -0.458 e. The van der Waals surface area contributed by atoms with Crippen LogP contribution in [0.25, 0.3) is 0 Å². The van der Waals surface area contributed by atoms with Crippen LogP contribution in [0.5, 0.6) is 0 Å². The first-order valence-corrected chi connectivity index (χ1v) is 8.51. The summed E-state index contributed by atoms with van der Waals surface area (Å²) in [4.78, 5) is 26.3. The van der Waals surface area contributed by atoms with Gasteiger partial charge in [-0.1, -0.05) is 0 Å². The minimum atomic E-state index is -0.522. The molecule has 1 fully saturated rings. The molecule has 1 atom stereocenters. The lowest BCUT2D eigenvalue weighted by Gasteiger charge is -2.27. The number of carbonyl (C=O) groups excluding carboxylic acids is 2. The highest BCUT2D eigenvalue weighted by Crippen LogP contribution is 2.25. The van der Waals surface area contributed by atoms with Crippen molar-refractivity contribution in [3.63, 3.8) is 0 Å². The largest absolute Gasteiger partial charge is 0.458 e. The summed E-state index contributed by atoms with van der Waals surface area (Å²) >= 11 is 3.72. The fourth-order valence-electron chi connectivity index (χ4n) is 2.21. The van der Waals surface area contributed by atoms with Crippen molar-refractivity contribution < 1.29 is 14.3 Å². The molecule has 1 aromatic heterocycles. The van der Waals surface area contributed by atoms with Crippen LogP contribution >= 0.6 is 33.9 Å². The van der Waals surface area contributed by atoms with Crippen molar-refractivity contribution in [2.45, 2.75) is 45.3 Å². The van der Waals surface area contributed by atoms with Crippen molar-refractivity contribution >= 4 is 45.8 Å². The molecule has 1 aliphatic heterocycles. The van der Waals surface area contributed by atoms with Gasteiger partial charge in [-0.25, -0.2) is 4.79 Å². The Morgan fingerprint density at radius 2 is 2.15 bits per heavy atom. The van der Waals surface area contributed by atoms with E-state index in [2.05, 4.69) is 22.6 Å². The van der Waals surface area contributed by atoms with Crippen molar-refractivity contribution in [3.8, 4) is 0 Å². The first-order valence-electron chi connectivity index (χ1n) is 6.56. The summed E-state index contributed by atoms with van der Waals surface area (Å²) in [5.74, 6) is -0.370. The lowest BCUT2D eigenvalue weighted by atomic mass is 10.1. The van der Waals surface area contributed by atoms with Crippen LogP contribution in [0.2, 0.25) is 0 Å². The van der Waals surface area contributed by atoms with Gasteiger partial charge in [-0.3, -0.25) is 4.79 Å². The number of amides is 1. The lowest BCUT2D eigenvalue weighted by Crippen LogP contribution is -2.43. The van der Waals surface area contributed by atoms with Crippen LogP contribution in [0.4, 0.5) is 0 Å². The molecular formula is C14H18INO3S. The third-order valence-electron chi connectivity index (χ3n) is 3.01. The van der Waals surface area contributed by atoms with E-state index in [1.165, 1.54) is 11.3 Å². The van der Waals surface area contributed by atoms with Crippen LogP contribution in [0.3, 0.4) is 0 Å². The molecule has 2 rings (SSSR count). The van der Waals surface area contributed by atoms with Gasteiger partial charge in [-0.15, -0.1) is 11.3 Å². The van der Waals surface area contributed by atoms with Gasteiger partial charge in [0.05, 0.1) is 8.45 Å². The molecule has 1 aromatic rings. The summed E-state index contributed by atoms with van der Waals surface area (Å²) in [6.45, 7) is 6.14. The van der Waals surface area contributed by atoms with Gasteiger partial charge in [0.2, 0.25) is 0 Å². The number of rotatable bonds is 2. The molecule has 0 radical (unpaired) electrons.